The van der Waals surface area contributed by atoms with Crippen LogP contribution in [0.1, 0.15) is 23.3 Å². The Balaban J connectivity index is 1.60. The molecule has 2 atom stereocenters. The lowest BCUT2D eigenvalue weighted by Gasteiger charge is -2.27. The molecule has 0 amide bonds. The number of rotatable bonds is 4. The first-order valence-corrected chi connectivity index (χ1v) is 10.1. The second-order valence-corrected chi connectivity index (χ2v) is 7.59. The van der Waals surface area contributed by atoms with Crippen LogP contribution in [-0.4, -0.2) is 19.8 Å². The molecule has 0 spiro atoms. The van der Waals surface area contributed by atoms with Gasteiger partial charge in [-0.2, -0.15) is 0 Å². The molecule has 2 unspecified atom stereocenters. The summed E-state index contributed by atoms with van der Waals surface area (Å²) in [5, 5.41) is 13.8. The highest BCUT2D eigenvalue weighted by Gasteiger charge is 2.41. The van der Waals surface area contributed by atoms with Gasteiger partial charge in [-0.15, -0.1) is 0 Å². The number of benzene rings is 2. The van der Waals surface area contributed by atoms with Gasteiger partial charge in [-0.1, -0.05) is 24.3 Å². The number of aromatic nitrogens is 2. The van der Waals surface area contributed by atoms with Crippen molar-refractivity contribution in [2.24, 2.45) is 0 Å². The summed E-state index contributed by atoms with van der Waals surface area (Å²) in [7, 11) is 0. The van der Waals surface area contributed by atoms with E-state index in [-0.39, 0.29) is 17.8 Å². The van der Waals surface area contributed by atoms with Gasteiger partial charge in [0.25, 0.3) is 0 Å². The maximum atomic E-state index is 9.73. The average Bonchev–Trinajstić information content (AvgIpc) is 3.40. The van der Waals surface area contributed by atoms with Crippen LogP contribution in [0.4, 0.5) is 5.69 Å². The molecule has 5 nitrogen and oxygen atoms in total. The number of para-hydroxylation sites is 1. The van der Waals surface area contributed by atoms with E-state index in [2.05, 4.69) is 50.4 Å². The Morgan fingerprint density at radius 3 is 2.37 bits per heavy atom. The minimum absolute atomic E-state index is 0.0816. The SMILES string of the molecule is Oc1ccc(N2C(=S)NC(c3ccccn3)C2c2ccn(-c3ccccc3)c2)cc1. The second kappa shape index (κ2) is 7.65. The molecule has 1 aliphatic rings. The molecule has 2 aromatic carbocycles. The normalized spacial score (nSPS) is 18.4. The van der Waals surface area contributed by atoms with E-state index in [1.807, 2.05) is 48.5 Å². The van der Waals surface area contributed by atoms with E-state index in [4.69, 9.17) is 12.2 Å². The van der Waals surface area contributed by atoms with Crippen LogP contribution in [0.5, 0.6) is 5.75 Å². The van der Waals surface area contributed by atoms with Crippen molar-refractivity contribution in [3.05, 3.63) is 109 Å². The third kappa shape index (κ3) is 3.31. The number of thiocarbonyl (C=S) groups is 1. The number of phenolic OH excluding ortho intramolecular Hbond substituents is 1. The number of nitrogens with one attached hydrogen (secondary N) is 1. The van der Waals surface area contributed by atoms with Crippen LogP contribution in [0.2, 0.25) is 0 Å². The van der Waals surface area contributed by atoms with E-state index in [1.54, 1.807) is 18.3 Å². The summed E-state index contributed by atoms with van der Waals surface area (Å²) in [5.41, 5.74) is 4.07. The molecule has 2 N–H and O–H groups in total. The van der Waals surface area contributed by atoms with Crippen LogP contribution in [0, 0.1) is 0 Å². The largest absolute Gasteiger partial charge is 0.508 e. The summed E-state index contributed by atoms with van der Waals surface area (Å²) in [6.07, 6.45) is 6.00. The quantitative estimate of drug-likeness (QED) is 0.474. The average molecular weight is 413 g/mol. The fraction of sp³-hybridized carbons (Fsp3) is 0.0833. The Morgan fingerprint density at radius 2 is 1.63 bits per heavy atom. The molecule has 6 heteroatoms. The molecule has 1 fully saturated rings. The lowest BCUT2D eigenvalue weighted by molar-refractivity contribution is 0.475. The molecule has 3 heterocycles. The first kappa shape index (κ1) is 18.4. The van der Waals surface area contributed by atoms with E-state index in [9.17, 15) is 5.11 Å². The van der Waals surface area contributed by atoms with Crippen molar-refractivity contribution in [3.63, 3.8) is 0 Å². The zero-order valence-corrected chi connectivity index (χ0v) is 16.9. The summed E-state index contributed by atoms with van der Waals surface area (Å²) in [6, 6.07) is 25.2. The van der Waals surface area contributed by atoms with Gasteiger partial charge in [-0.3, -0.25) is 4.98 Å². The summed E-state index contributed by atoms with van der Waals surface area (Å²) in [5.74, 6) is 0.227. The highest BCUT2D eigenvalue weighted by molar-refractivity contribution is 7.80. The maximum absolute atomic E-state index is 9.73. The number of nitrogens with zero attached hydrogens (tertiary/aromatic N) is 3. The van der Waals surface area contributed by atoms with Crippen LogP contribution in [0.15, 0.2) is 97.5 Å². The third-order valence-electron chi connectivity index (χ3n) is 5.34. The van der Waals surface area contributed by atoms with Gasteiger partial charge in [0.15, 0.2) is 5.11 Å². The molecule has 2 aromatic heterocycles. The van der Waals surface area contributed by atoms with E-state index >= 15 is 0 Å². The minimum atomic E-state index is -0.0980. The Kier molecular flexibility index (Phi) is 4.69. The van der Waals surface area contributed by atoms with Gasteiger partial charge in [-0.25, -0.2) is 0 Å². The van der Waals surface area contributed by atoms with Gasteiger partial charge in [0.05, 0.1) is 17.8 Å². The molecule has 1 aliphatic heterocycles. The first-order chi connectivity index (χ1) is 14.7. The molecule has 0 saturated carbocycles. The summed E-state index contributed by atoms with van der Waals surface area (Å²) in [6.45, 7) is 0. The van der Waals surface area contributed by atoms with Gasteiger partial charge in [-0.05, 0) is 72.4 Å². The van der Waals surface area contributed by atoms with Crippen LogP contribution in [0.3, 0.4) is 0 Å². The van der Waals surface area contributed by atoms with E-state index in [1.165, 1.54) is 0 Å². The fourth-order valence-electron chi connectivity index (χ4n) is 3.93. The molecule has 0 radical (unpaired) electrons. The molecule has 0 aliphatic carbocycles. The molecule has 0 bridgehead atoms. The molecule has 30 heavy (non-hydrogen) atoms. The Hall–Kier alpha value is -3.64. The third-order valence-corrected chi connectivity index (χ3v) is 5.65. The van der Waals surface area contributed by atoms with Crippen LogP contribution in [-0.2, 0) is 0 Å². The maximum Gasteiger partial charge on any atom is 0.174 e. The smallest absolute Gasteiger partial charge is 0.174 e. The minimum Gasteiger partial charge on any atom is -0.508 e. The summed E-state index contributed by atoms with van der Waals surface area (Å²) in [4.78, 5) is 6.68. The fourth-order valence-corrected chi connectivity index (χ4v) is 4.28. The Morgan fingerprint density at radius 1 is 0.867 bits per heavy atom. The van der Waals surface area contributed by atoms with Gasteiger partial charge in [0.2, 0.25) is 0 Å². The summed E-state index contributed by atoms with van der Waals surface area (Å²) >= 11 is 5.73. The molecule has 148 valence electrons. The van der Waals surface area contributed by atoms with Crippen LogP contribution in [0.25, 0.3) is 5.69 Å². The van der Waals surface area contributed by atoms with Crippen LogP contribution < -0.4 is 10.2 Å². The highest BCUT2D eigenvalue weighted by Crippen LogP contribution is 2.42. The number of phenols is 1. The first-order valence-electron chi connectivity index (χ1n) is 9.74. The van der Waals surface area contributed by atoms with Crippen molar-refractivity contribution in [2.75, 3.05) is 4.90 Å². The lowest BCUT2D eigenvalue weighted by atomic mass is 9.98. The predicted molar refractivity (Wildman–Crippen MR) is 122 cm³/mol. The number of hydrogen-bond acceptors (Lipinski definition) is 3. The van der Waals surface area contributed by atoms with Crippen LogP contribution >= 0.6 is 12.2 Å². The summed E-state index contributed by atoms with van der Waals surface area (Å²) < 4.78 is 2.11. The molecule has 4 aromatic rings. The van der Waals surface area contributed by atoms with E-state index in [0.29, 0.717) is 5.11 Å². The van der Waals surface area contributed by atoms with Crippen molar-refractivity contribution in [3.8, 4) is 11.4 Å². The van der Waals surface area contributed by atoms with E-state index < -0.39 is 0 Å². The molecule has 1 saturated heterocycles. The monoisotopic (exact) mass is 412 g/mol. The van der Waals surface area contributed by atoms with Crippen molar-refractivity contribution in [1.29, 1.82) is 0 Å². The lowest BCUT2D eigenvalue weighted by Crippen LogP contribution is -2.29. The highest BCUT2D eigenvalue weighted by atomic mass is 32.1. The van der Waals surface area contributed by atoms with Crippen molar-refractivity contribution >= 4 is 23.0 Å². The Bertz CT molecular complexity index is 1160. The number of pyridine rings is 1. The number of anilines is 1. The van der Waals surface area contributed by atoms with Crippen molar-refractivity contribution in [1.82, 2.24) is 14.9 Å². The predicted octanol–water partition coefficient (Wildman–Crippen LogP) is 4.76. The van der Waals surface area contributed by atoms with Gasteiger partial charge in [0, 0.05) is 30.0 Å². The standard InChI is InChI=1S/C24H20N4OS/c29-20-11-9-19(10-12-20)28-23(22(26-24(28)30)21-8-4-5-14-25-21)17-13-15-27(16-17)18-6-2-1-3-7-18/h1-16,22-23,29H,(H,26,30). The number of hydrogen-bond donors (Lipinski definition) is 2. The van der Waals surface area contributed by atoms with Crippen molar-refractivity contribution in [2.45, 2.75) is 12.1 Å². The zero-order valence-electron chi connectivity index (χ0n) is 16.1. The Labute approximate surface area is 180 Å². The van der Waals surface area contributed by atoms with Crippen molar-refractivity contribution < 1.29 is 5.11 Å². The second-order valence-electron chi connectivity index (χ2n) is 7.20. The zero-order chi connectivity index (χ0) is 20.5. The van der Waals surface area contributed by atoms with E-state index in [0.717, 1.165) is 22.6 Å². The molecular formula is C24H20N4OS. The number of aromatic hydroxyl groups is 1. The molecular weight excluding hydrogens is 392 g/mol. The van der Waals surface area contributed by atoms with Gasteiger partial charge in [0.1, 0.15) is 5.75 Å². The molecule has 5 rings (SSSR count). The van der Waals surface area contributed by atoms with Gasteiger partial charge < -0.3 is 19.9 Å². The van der Waals surface area contributed by atoms with Gasteiger partial charge >= 0.3 is 0 Å². The topological polar surface area (TPSA) is 53.3 Å².